The number of nitrogens with zero attached hydrogens (tertiary/aromatic N) is 4. The number of nitrogens with one attached hydrogen (secondary N) is 1. The Labute approximate surface area is 303 Å². The number of ether oxygens (including phenoxy) is 1. The molecule has 3 heterocycles. The first-order chi connectivity index (χ1) is 24.2. The molecular formula is C39H45ClN6O3S. The first-order valence-electron chi connectivity index (χ1n) is 17.4. The molecule has 1 atom stereocenters. The van der Waals surface area contributed by atoms with Crippen LogP contribution >= 0.6 is 22.9 Å². The van der Waals surface area contributed by atoms with E-state index >= 15 is 0 Å². The standard InChI is InChI=1S/C39H45ClN6O3S/c1-26-27(2)50-39-36(26)37(30-18-20-31(40)21-19-30)43-33(38-45-44-28(3)46(38)39)22-24-49-35(48)17-10-8-6-4-5-7-9-16-34(47)42-32-15-11-13-29(25-32)14-12-23-41/h11,13,15,18-21,25,33H,4-10,16-17,22-24,41H2,1-3H3,(H,42,47)/t33-/m0/s1. The molecule has 5 rings (SSSR count). The molecule has 2 aromatic carbocycles. The molecule has 0 aliphatic carbocycles. The summed E-state index contributed by atoms with van der Waals surface area (Å²) in [5, 5.41) is 13.6. The van der Waals surface area contributed by atoms with Crippen molar-refractivity contribution in [2.24, 2.45) is 10.7 Å². The number of thiophene rings is 1. The molecule has 50 heavy (non-hydrogen) atoms. The van der Waals surface area contributed by atoms with E-state index in [1.54, 1.807) is 11.3 Å². The number of aryl methyl sites for hydroxylation is 2. The Kier molecular flexibility index (Phi) is 13.4. The fourth-order valence-corrected chi connectivity index (χ4v) is 7.38. The SMILES string of the molecule is Cc1sc2c(c1C)C(c1ccc(Cl)cc1)=N[C@@H](CCOC(=O)CCCCCCCCCC(=O)Nc1cccc(C#CCN)c1)c1nnc(C)n1-2. The van der Waals surface area contributed by atoms with Crippen molar-refractivity contribution in [1.29, 1.82) is 0 Å². The Morgan fingerprint density at radius 3 is 2.44 bits per heavy atom. The van der Waals surface area contributed by atoms with Gasteiger partial charge in [0.2, 0.25) is 5.91 Å². The Morgan fingerprint density at radius 1 is 0.980 bits per heavy atom. The molecule has 1 aliphatic rings. The van der Waals surface area contributed by atoms with E-state index in [0.717, 1.165) is 89.7 Å². The molecule has 3 N–H and O–H groups in total. The highest BCUT2D eigenvalue weighted by Gasteiger charge is 2.31. The third kappa shape index (κ3) is 9.69. The molecule has 0 saturated carbocycles. The molecule has 1 amide bonds. The van der Waals surface area contributed by atoms with Gasteiger partial charge in [-0.1, -0.05) is 73.7 Å². The van der Waals surface area contributed by atoms with Crippen LogP contribution in [0.4, 0.5) is 5.69 Å². The van der Waals surface area contributed by atoms with E-state index in [0.29, 0.717) is 30.8 Å². The number of halogens is 1. The number of carbonyl (C=O) groups excluding carboxylic acids is 2. The second kappa shape index (κ2) is 18.1. The van der Waals surface area contributed by atoms with Gasteiger partial charge in [0.15, 0.2) is 5.82 Å². The first kappa shape index (κ1) is 37.0. The zero-order chi connectivity index (χ0) is 35.5. The predicted octanol–water partition coefficient (Wildman–Crippen LogP) is 8.19. The normalized spacial score (nSPS) is 13.4. The molecular weight excluding hydrogens is 668 g/mol. The molecule has 0 bridgehead atoms. The quantitative estimate of drug-likeness (QED) is 0.0728. The van der Waals surface area contributed by atoms with Gasteiger partial charge in [-0.15, -0.1) is 21.5 Å². The number of carbonyl (C=O) groups is 2. The van der Waals surface area contributed by atoms with E-state index in [4.69, 9.17) is 27.1 Å². The molecule has 4 aromatic rings. The summed E-state index contributed by atoms with van der Waals surface area (Å²) in [7, 11) is 0. The van der Waals surface area contributed by atoms with Crippen LogP contribution in [-0.4, -0.2) is 45.5 Å². The summed E-state index contributed by atoms with van der Waals surface area (Å²) >= 11 is 7.93. The first-order valence-corrected chi connectivity index (χ1v) is 18.6. The Balaban J connectivity index is 1.02. The second-order valence-electron chi connectivity index (χ2n) is 12.5. The van der Waals surface area contributed by atoms with Gasteiger partial charge in [0.05, 0.1) is 18.9 Å². The molecule has 0 fully saturated rings. The number of hydrogen-bond acceptors (Lipinski definition) is 8. The number of benzene rings is 2. The number of hydrogen-bond donors (Lipinski definition) is 2. The number of unbranched alkanes of at least 4 members (excludes halogenated alkanes) is 6. The Hall–Kier alpha value is -4.30. The summed E-state index contributed by atoms with van der Waals surface area (Å²) in [4.78, 5) is 31.4. The highest BCUT2D eigenvalue weighted by Crippen LogP contribution is 2.39. The zero-order valence-electron chi connectivity index (χ0n) is 29.1. The van der Waals surface area contributed by atoms with Crippen LogP contribution in [0, 0.1) is 32.6 Å². The topological polar surface area (TPSA) is 124 Å². The van der Waals surface area contributed by atoms with Crippen molar-refractivity contribution in [3.8, 4) is 16.8 Å². The monoisotopic (exact) mass is 712 g/mol. The molecule has 2 aromatic heterocycles. The van der Waals surface area contributed by atoms with Crippen LogP contribution < -0.4 is 11.1 Å². The Bertz CT molecular complexity index is 1890. The maximum absolute atomic E-state index is 12.6. The average molecular weight is 713 g/mol. The minimum Gasteiger partial charge on any atom is -0.466 e. The zero-order valence-corrected chi connectivity index (χ0v) is 30.6. The summed E-state index contributed by atoms with van der Waals surface area (Å²) in [6.45, 7) is 6.76. The number of esters is 1. The lowest BCUT2D eigenvalue weighted by atomic mass is 9.99. The molecule has 0 unspecified atom stereocenters. The van der Waals surface area contributed by atoms with Crippen LogP contribution in [-0.2, 0) is 14.3 Å². The summed E-state index contributed by atoms with van der Waals surface area (Å²) in [5.41, 5.74) is 11.1. The molecule has 1 aliphatic heterocycles. The van der Waals surface area contributed by atoms with Crippen LogP contribution in [0.3, 0.4) is 0 Å². The van der Waals surface area contributed by atoms with Gasteiger partial charge in [0, 0.05) is 51.5 Å². The lowest BCUT2D eigenvalue weighted by molar-refractivity contribution is -0.144. The average Bonchev–Trinajstić information content (AvgIpc) is 3.58. The van der Waals surface area contributed by atoms with E-state index < -0.39 is 0 Å². The van der Waals surface area contributed by atoms with Gasteiger partial charge in [-0.25, -0.2) is 0 Å². The highest BCUT2D eigenvalue weighted by molar-refractivity contribution is 7.15. The van der Waals surface area contributed by atoms with Crippen LogP contribution in [0.5, 0.6) is 0 Å². The number of aromatic nitrogens is 3. The van der Waals surface area contributed by atoms with Gasteiger partial charge >= 0.3 is 5.97 Å². The van der Waals surface area contributed by atoms with Crippen molar-refractivity contribution in [3.63, 3.8) is 0 Å². The van der Waals surface area contributed by atoms with Gasteiger partial charge in [-0.05, 0) is 69.5 Å². The number of fused-ring (bicyclic) bond motifs is 3. The third-order valence-corrected chi connectivity index (χ3v) is 10.2. The molecule has 0 radical (unpaired) electrons. The fourth-order valence-electron chi connectivity index (χ4n) is 6.04. The van der Waals surface area contributed by atoms with E-state index in [9.17, 15) is 9.59 Å². The summed E-state index contributed by atoms with van der Waals surface area (Å²) in [5.74, 6) is 7.18. The second-order valence-corrected chi connectivity index (χ2v) is 14.2. The van der Waals surface area contributed by atoms with Crippen LogP contribution in [0.15, 0.2) is 53.5 Å². The van der Waals surface area contributed by atoms with Gasteiger partial charge in [0.1, 0.15) is 16.9 Å². The number of amides is 1. The smallest absolute Gasteiger partial charge is 0.305 e. The van der Waals surface area contributed by atoms with Crippen molar-refractivity contribution >= 4 is 46.2 Å². The summed E-state index contributed by atoms with van der Waals surface area (Å²) in [6.07, 6.45) is 8.21. The molecule has 0 spiro atoms. The van der Waals surface area contributed by atoms with Gasteiger partial charge in [-0.3, -0.25) is 19.1 Å². The molecule has 9 nitrogen and oxygen atoms in total. The van der Waals surface area contributed by atoms with Gasteiger partial charge in [0.25, 0.3) is 0 Å². The largest absolute Gasteiger partial charge is 0.466 e. The van der Waals surface area contributed by atoms with Crippen molar-refractivity contribution in [1.82, 2.24) is 14.8 Å². The van der Waals surface area contributed by atoms with E-state index in [1.165, 1.54) is 10.4 Å². The summed E-state index contributed by atoms with van der Waals surface area (Å²) in [6, 6.07) is 14.9. The van der Waals surface area contributed by atoms with Crippen molar-refractivity contribution < 1.29 is 14.3 Å². The molecule has 0 saturated heterocycles. The van der Waals surface area contributed by atoms with Gasteiger partial charge < -0.3 is 15.8 Å². The van der Waals surface area contributed by atoms with E-state index in [2.05, 4.69) is 45.8 Å². The maximum Gasteiger partial charge on any atom is 0.305 e. The fraction of sp³-hybridized carbons (Fsp3) is 0.410. The van der Waals surface area contributed by atoms with Crippen molar-refractivity contribution in [2.75, 3.05) is 18.5 Å². The van der Waals surface area contributed by atoms with Crippen LogP contribution in [0.2, 0.25) is 5.02 Å². The maximum atomic E-state index is 12.6. The van der Waals surface area contributed by atoms with E-state index in [1.807, 2.05) is 55.5 Å². The minimum atomic E-state index is -0.326. The number of anilines is 1. The van der Waals surface area contributed by atoms with Crippen molar-refractivity contribution in [2.45, 2.75) is 91.0 Å². The lowest BCUT2D eigenvalue weighted by Gasteiger charge is -2.13. The predicted molar refractivity (Wildman–Crippen MR) is 201 cm³/mol. The molecule has 262 valence electrons. The lowest BCUT2D eigenvalue weighted by Crippen LogP contribution is -2.12. The van der Waals surface area contributed by atoms with Crippen LogP contribution in [0.25, 0.3) is 5.00 Å². The van der Waals surface area contributed by atoms with Crippen LogP contribution in [0.1, 0.15) is 109 Å². The van der Waals surface area contributed by atoms with Crippen molar-refractivity contribution in [3.05, 3.63) is 92.3 Å². The number of aliphatic imine (C=N–C) groups is 1. The summed E-state index contributed by atoms with van der Waals surface area (Å²) < 4.78 is 7.79. The van der Waals surface area contributed by atoms with Gasteiger partial charge in [-0.2, -0.15) is 0 Å². The van der Waals surface area contributed by atoms with E-state index in [-0.39, 0.29) is 24.5 Å². The number of rotatable bonds is 15. The third-order valence-electron chi connectivity index (χ3n) is 8.78. The number of nitrogens with two attached hydrogens (primary N) is 1. The minimum absolute atomic E-state index is 0.0129. The highest BCUT2D eigenvalue weighted by atomic mass is 35.5. The Morgan fingerprint density at radius 2 is 1.70 bits per heavy atom. The molecule has 11 heteroatoms.